The fourth-order valence-electron chi connectivity index (χ4n) is 1.59. The molecular formula is C13H17N3O. The topological polar surface area (TPSA) is 64.9 Å². The number of nitrogens with two attached hydrogens (primary N) is 1. The molecule has 0 bridgehead atoms. The molecule has 1 heterocycles. The van der Waals surface area contributed by atoms with Gasteiger partial charge in [-0.05, 0) is 18.4 Å². The highest BCUT2D eigenvalue weighted by atomic mass is 16.4. The van der Waals surface area contributed by atoms with E-state index < -0.39 is 0 Å². The SMILES string of the molecule is CCC(N)c1nnc(CCc2ccccc2)o1. The first-order chi connectivity index (χ1) is 8.29. The van der Waals surface area contributed by atoms with Gasteiger partial charge in [0.2, 0.25) is 11.8 Å². The van der Waals surface area contributed by atoms with Crippen LogP contribution in [-0.4, -0.2) is 10.2 Å². The summed E-state index contributed by atoms with van der Waals surface area (Å²) in [4.78, 5) is 0. The normalized spacial score (nSPS) is 12.6. The number of hydrogen-bond donors (Lipinski definition) is 1. The molecule has 0 saturated carbocycles. The molecule has 4 nitrogen and oxygen atoms in total. The quantitative estimate of drug-likeness (QED) is 0.857. The van der Waals surface area contributed by atoms with Gasteiger partial charge in [0.15, 0.2) is 0 Å². The first kappa shape index (κ1) is 11.8. The van der Waals surface area contributed by atoms with Crippen molar-refractivity contribution in [3.63, 3.8) is 0 Å². The van der Waals surface area contributed by atoms with Crippen LogP contribution in [0.2, 0.25) is 0 Å². The second-order valence-corrected chi connectivity index (χ2v) is 4.03. The number of aromatic nitrogens is 2. The maximum Gasteiger partial charge on any atom is 0.233 e. The highest BCUT2D eigenvalue weighted by molar-refractivity contribution is 5.15. The molecule has 1 unspecified atom stereocenters. The Hall–Kier alpha value is -1.68. The molecular weight excluding hydrogens is 214 g/mol. The molecule has 1 aromatic carbocycles. The lowest BCUT2D eigenvalue weighted by molar-refractivity contribution is 0.412. The van der Waals surface area contributed by atoms with Crippen LogP contribution >= 0.6 is 0 Å². The summed E-state index contributed by atoms with van der Waals surface area (Å²) in [5.41, 5.74) is 7.09. The molecule has 17 heavy (non-hydrogen) atoms. The van der Waals surface area contributed by atoms with Crippen molar-refractivity contribution in [2.24, 2.45) is 5.73 Å². The fourth-order valence-corrected chi connectivity index (χ4v) is 1.59. The first-order valence-corrected chi connectivity index (χ1v) is 5.91. The molecule has 2 rings (SSSR count). The van der Waals surface area contributed by atoms with E-state index in [2.05, 4.69) is 22.3 Å². The van der Waals surface area contributed by atoms with Crippen LogP contribution in [0.25, 0.3) is 0 Å². The Bertz CT molecular complexity index is 453. The molecule has 0 fully saturated rings. The van der Waals surface area contributed by atoms with Crippen molar-refractivity contribution in [3.8, 4) is 0 Å². The standard InChI is InChI=1S/C13H17N3O/c1-2-11(14)13-16-15-12(17-13)9-8-10-6-4-3-5-7-10/h3-7,11H,2,8-9,14H2,1H3. The van der Waals surface area contributed by atoms with Crippen molar-refractivity contribution in [1.82, 2.24) is 10.2 Å². The zero-order chi connectivity index (χ0) is 12.1. The summed E-state index contributed by atoms with van der Waals surface area (Å²) in [5.74, 6) is 1.20. The molecule has 0 aliphatic heterocycles. The number of nitrogens with zero attached hydrogens (tertiary/aromatic N) is 2. The summed E-state index contributed by atoms with van der Waals surface area (Å²) in [6.45, 7) is 2.00. The Labute approximate surface area is 101 Å². The molecule has 2 aromatic rings. The minimum Gasteiger partial charge on any atom is -0.424 e. The van der Waals surface area contributed by atoms with Crippen molar-refractivity contribution in [3.05, 3.63) is 47.7 Å². The molecule has 90 valence electrons. The summed E-state index contributed by atoms with van der Waals surface area (Å²) in [6, 6.07) is 10.1. The summed E-state index contributed by atoms with van der Waals surface area (Å²) in [6.07, 6.45) is 2.47. The van der Waals surface area contributed by atoms with Crippen molar-refractivity contribution in [2.75, 3.05) is 0 Å². The average Bonchev–Trinajstić information content (AvgIpc) is 2.85. The third-order valence-corrected chi connectivity index (χ3v) is 2.71. The van der Waals surface area contributed by atoms with E-state index in [-0.39, 0.29) is 6.04 Å². The van der Waals surface area contributed by atoms with E-state index in [1.54, 1.807) is 0 Å². The Balaban J connectivity index is 1.94. The van der Waals surface area contributed by atoms with Gasteiger partial charge >= 0.3 is 0 Å². The smallest absolute Gasteiger partial charge is 0.233 e. The minimum atomic E-state index is -0.145. The Morgan fingerprint density at radius 3 is 2.65 bits per heavy atom. The number of aryl methyl sites for hydroxylation is 2. The van der Waals surface area contributed by atoms with Gasteiger partial charge in [-0.1, -0.05) is 37.3 Å². The van der Waals surface area contributed by atoms with E-state index in [1.807, 2.05) is 25.1 Å². The summed E-state index contributed by atoms with van der Waals surface area (Å²) < 4.78 is 5.51. The highest BCUT2D eigenvalue weighted by Gasteiger charge is 2.12. The molecule has 1 atom stereocenters. The van der Waals surface area contributed by atoms with Crippen molar-refractivity contribution >= 4 is 0 Å². The van der Waals surface area contributed by atoms with Crippen LogP contribution < -0.4 is 5.73 Å². The molecule has 4 heteroatoms. The van der Waals surface area contributed by atoms with Gasteiger partial charge in [0.05, 0.1) is 6.04 Å². The Morgan fingerprint density at radius 1 is 1.18 bits per heavy atom. The fraction of sp³-hybridized carbons (Fsp3) is 0.385. The lowest BCUT2D eigenvalue weighted by atomic mass is 10.1. The molecule has 0 saturated heterocycles. The van der Waals surface area contributed by atoms with Crippen LogP contribution in [0.4, 0.5) is 0 Å². The van der Waals surface area contributed by atoms with Gasteiger partial charge in [0.25, 0.3) is 0 Å². The Morgan fingerprint density at radius 2 is 1.94 bits per heavy atom. The molecule has 1 aromatic heterocycles. The maximum absolute atomic E-state index is 5.82. The van der Waals surface area contributed by atoms with Crippen LogP contribution in [0.1, 0.15) is 36.7 Å². The van der Waals surface area contributed by atoms with E-state index in [1.165, 1.54) is 5.56 Å². The molecule has 0 amide bonds. The van der Waals surface area contributed by atoms with Gasteiger partial charge in [-0.25, -0.2) is 0 Å². The predicted octanol–water partition coefficient (Wildman–Crippen LogP) is 2.26. The summed E-state index contributed by atoms with van der Waals surface area (Å²) in [5, 5.41) is 7.96. The Kier molecular flexibility index (Phi) is 3.88. The van der Waals surface area contributed by atoms with Crippen molar-refractivity contribution in [1.29, 1.82) is 0 Å². The number of rotatable bonds is 5. The predicted molar refractivity (Wildman–Crippen MR) is 65.4 cm³/mol. The van der Waals surface area contributed by atoms with Crippen molar-refractivity contribution < 1.29 is 4.42 Å². The molecule has 0 spiro atoms. The highest BCUT2D eigenvalue weighted by Crippen LogP contribution is 2.13. The van der Waals surface area contributed by atoms with E-state index in [0.29, 0.717) is 11.8 Å². The summed E-state index contributed by atoms with van der Waals surface area (Å²) in [7, 11) is 0. The van der Waals surface area contributed by atoms with Gasteiger partial charge < -0.3 is 10.2 Å². The second-order valence-electron chi connectivity index (χ2n) is 4.03. The third-order valence-electron chi connectivity index (χ3n) is 2.71. The first-order valence-electron chi connectivity index (χ1n) is 5.91. The van der Waals surface area contributed by atoms with Crippen LogP contribution in [0, 0.1) is 0 Å². The summed E-state index contributed by atoms with van der Waals surface area (Å²) >= 11 is 0. The monoisotopic (exact) mass is 231 g/mol. The van der Waals surface area contributed by atoms with Crippen LogP contribution in [0.3, 0.4) is 0 Å². The largest absolute Gasteiger partial charge is 0.424 e. The van der Waals surface area contributed by atoms with E-state index in [9.17, 15) is 0 Å². The minimum absolute atomic E-state index is 0.145. The molecule has 2 N–H and O–H groups in total. The second kappa shape index (κ2) is 5.59. The maximum atomic E-state index is 5.82. The zero-order valence-corrected chi connectivity index (χ0v) is 9.97. The van der Waals surface area contributed by atoms with Crippen LogP contribution in [0.15, 0.2) is 34.7 Å². The van der Waals surface area contributed by atoms with Crippen molar-refractivity contribution in [2.45, 2.75) is 32.2 Å². The van der Waals surface area contributed by atoms with Gasteiger partial charge in [-0.15, -0.1) is 10.2 Å². The van der Waals surface area contributed by atoms with Gasteiger partial charge in [-0.2, -0.15) is 0 Å². The third kappa shape index (κ3) is 3.14. The number of benzene rings is 1. The zero-order valence-electron chi connectivity index (χ0n) is 9.97. The van der Waals surface area contributed by atoms with E-state index in [4.69, 9.17) is 10.2 Å². The van der Waals surface area contributed by atoms with Gasteiger partial charge in [-0.3, -0.25) is 0 Å². The lowest BCUT2D eigenvalue weighted by Gasteiger charge is -2.00. The van der Waals surface area contributed by atoms with Crippen LogP contribution in [0.5, 0.6) is 0 Å². The van der Waals surface area contributed by atoms with E-state index >= 15 is 0 Å². The number of hydrogen-bond acceptors (Lipinski definition) is 4. The van der Waals surface area contributed by atoms with Crippen LogP contribution in [-0.2, 0) is 12.8 Å². The van der Waals surface area contributed by atoms with Gasteiger partial charge in [0, 0.05) is 6.42 Å². The molecule has 0 aliphatic carbocycles. The lowest BCUT2D eigenvalue weighted by Crippen LogP contribution is -2.08. The molecule has 0 aliphatic rings. The molecule has 0 radical (unpaired) electrons. The van der Waals surface area contributed by atoms with Gasteiger partial charge in [0.1, 0.15) is 0 Å². The average molecular weight is 231 g/mol. The van der Waals surface area contributed by atoms with E-state index in [0.717, 1.165) is 19.3 Å².